The van der Waals surface area contributed by atoms with Crippen molar-refractivity contribution in [1.29, 1.82) is 0 Å². The molecule has 0 radical (unpaired) electrons. The Morgan fingerprint density at radius 1 is 1.60 bits per heavy atom. The predicted octanol–water partition coefficient (Wildman–Crippen LogP) is -0.336. The highest BCUT2D eigenvalue weighted by Gasteiger charge is 1.92. The summed E-state index contributed by atoms with van der Waals surface area (Å²) in [5, 5.41) is 0. The van der Waals surface area contributed by atoms with E-state index in [0.717, 1.165) is 13.0 Å². The number of rotatable bonds is 5. The molecule has 0 heterocycles. The molecule has 0 aliphatic carbocycles. The molecule has 0 saturated carbocycles. The van der Waals surface area contributed by atoms with Crippen molar-refractivity contribution in [2.45, 2.75) is 6.42 Å². The van der Waals surface area contributed by atoms with Crippen molar-refractivity contribution in [3.8, 4) is 0 Å². The van der Waals surface area contributed by atoms with Crippen LogP contribution in [0.15, 0.2) is 0 Å². The molecule has 0 aromatic heterocycles. The van der Waals surface area contributed by atoms with Gasteiger partial charge in [-0.05, 0) is 27.1 Å². The summed E-state index contributed by atoms with van der Waals surface area (Å²) >= 11 is -1.85. The maximum atomic E-state index is 10.0. The van der Waals surface area contributed by atoms with Crippen molar-refractivity contribution in [2.24, 2.45) is 0 Å². The van der Waals surface area contributed by atoms with E-state index in [4.69, 9.17) is 4.55 Å². The van der Waals surface area contributed by atoms with Crippen LogP contribution in [0.1, 0.15) is 6.42 Å². The van der Waals surface area contributed by atoms with Crippen LogP contribution in [0.2, 0.25) is 0 Å². The van der Waals surface area contributed by atoms with Crippen LogP contribution in [0.25, 0.3) is 0 Å². The molecule has 0 aliphatic rings. The lowest BCUT2D eigenvalue weighted by molar-refractivity contribution is 0.399. The summed E-state index contributed by atoms with van der Waals surface area (Å²) in [6.07, 6.45) is 0.888. The highest BCUT2D eigenvalue weighted by Crippen LogP contribution is 1.80. The van der Waals surface area contributed by atoms with Gasteiger partial charge >= 0.3 is 0 Å². The fraction of sp³-hybridized carbons (Fsp3) is 1.00. The fourth-order valence-electron chi connectivity index (χ4n) is 0.555. The molecule has 5 heteroatoms. The molecule has 0 saturated heterocycles. The van der Waals surface area contributed by atoms with Crippen LogP contribution < -0.4 is 4.72 Å². The summed E-state index contributed by atoms with van der Waals surface area (Å²) in [4.78, 5) is 2.03. The van der Waals surface area contributed by atoms with Gasteiger partial charge < -0.3 is 4.90 Å². The lowest BCUT2D eigenvalue weighted by Crippen LogP contribution is -2.22. The van der Waals surface area contributed by atoms with E-state index < -0.39 is 11.3 Å². The minimum absolute atomic E-state index is 0.585. The van der Waals surface area contributed by atoms with Crippen LogP contribution >= 0.6 is 0 Å². The first-order valence-corrected chi connectivity index (χ1v) is 4.22. The maximum Gasteiger partial charge on any atom is 0.231 e. The zero-order valence-corrected chi connectivity index (χ0v) is 7.15. The van der Waals surface area contributed by atoms with Gasteiger partial charge in [0.15, 0.2) is 0 Å². The topological polar surface area (TPSA) is 52.6 Å². The fourth-order valence-corrected chi connectivity index (χ4v) is 0.874. The highest BCUT2D eigenvalue weighted by molar-refractivity contribution is 7.77. The number of nitrogens with one attached hydrogen (secondary N) is 1. The lowest BCUT2D eigenvalue weighted by atomic mass is 10.4. The maximum absolute atomic E-state index is 10.0. The zero-order chi connectivity index (χ0) is 7.98. The summed E-state index contributed by atoms with van der Waals surface area (Å²) < 4.78 is 20.7. The molecule has 0 bridgehead atoms. The first-order chi connectivity index (χ1) is 4.63. The van der Waals surface area contributed by atoms with Crippen molar-refractivity contribution >= 4 is 11.3 Å². The first-order valence-electron chi connectivity index (χ1n) is 3.12. The normalized spacial score (nSPS) is 14.0. The Morgan fingerprint density at radius 3 is 2.60 bits per heavy atom. The van der Waals surface area contributed by atoms with E-state index in [1.54, 1.807) is 0 Å². The Kier molecular flexibility index (Phi) is 5.81. The summed E-state index contributed by atoms with van der Waals surface area (Å²) in [5.41, 5.74) is 0. The van der Waals surface area contributed by atoms with E-state index in [-0.39, 0.29) is 0 Å². The van der Waals surface area contributed by atoms with Crippen LogP contribution in [0, 0.1) is 0 Å². The van der Waals surface area contributed by atoms with E-state index in [1.165, 1.54) is 0 Å². The Labute approximate surface area is 64.0 Å². The predicted molar refractivity (Wildman–Crippen MR) is 41.9 cm³/mol. The van der Waals surface area contributed by atoms with E-state index in [1.807, 2.05) is 19.0 Å². The molecule has 1 atom stereocenters. The lowest BCUT2D eigenvalue weighted by Gasteiger charge is -2.07. The van der Waals surface area contributed by atoms with Gasteiger partial charge in [0.25, 0.3) is 0 Å². The molecule has 4 nitrogen and oxygen atoms in total. The summed E-state index contributed by atoms with van der Waals surface area (Å²) in [7, 11) is 3.94. The average molecular weight is 166 g/mol. The van der Waals surface area contributed by atoms with Crippen molar-refractivity contribution in [2.75, 3.05) is 27.2 Å². The van der Waals surface area contributed by atoms with Gasteiger partial charge in [0.2, 0.25) is 11.3 Å². The van der Waals surface area contributed by atoms with Crippen LogP contribution in [-0.2, 0) is 11.3 Å². The molecule has 10 heavy (non-hydrogen) atoms. The quantitative estimate of drug-likeness (QED) is 0.434. The minimum atomic E-state index is -1.85. The first kappa shape index (κ1) is 10.0. The molecular formula is C5H14N2O2S. The van der Waals surface area contributed by atoms with Gasteiger partial charge in [0.05, 0.1) is 0 Å². The van der Waals surface area contributed by atoms with Crippen LogP contribution in [0.4, 0.5) is 0 Å². The molecule has 62 valence electrons. The second-order valence-electron chi connectivity index (χ2n) is 2.30. The van der Waals surface area contributed by atoms with E-state index in [2.05, 4.69) is 4.72 Å². The molecule has 0 aliphatic heterocycles. The van der Waals surface area contributed by atoms with Gasteiger partial charge in [-0.3, -0.25) is 4.55 Å². The van der Waals surface area contributed by atoms with Gasteiger partial charge in [-0.2, -0.15) is 0 Å². The van der Waals surface area contributed by atoms with Crippen LogP contribution in [-0.4, -0.2) is 40.8 Å². The smallest absolute Gasteiger partial charge is 0.231 e. The van der Waals surface area contributed by atoms with Gasteiger partial charge in [0.1, 0.15) is 0 Å². The molecule has 0 rings (SSSR count). The monoisotopic (exact) mass is 166 g/mol. The van der Waals surface area contributed by atoms with Gasteiger partial charge in [0, 0.05) is 6.54 Å². The van der Waals surface area contributed by atoms with Gasteiger partial charge in [-0.1, -0.05) is 0 Å². The van der Waals surface area contributed by atoms with Gasteiger partial charge in [-0.25, -0.2) is 8.93 Å². The van der Waals surface area contributed by atoms with E-state index >= 15 is 0 Å². The number of hydrogen-bond donors (Lipinski definition) is 2. The van der Waals surface area contributed by atoms with Crippen LogP contribution in [0.5, 0.6) is 0 Å². The van der Waals surface area contributed by atoms with Gasteiger partial charge in [-0.15, -0.1) is 0 Å². The third-order valence-corrected chi connectivity index (χ3v) is 1.46. The number of hydrogen-bond acceptors (Lipinski definition) is 2. The summed E-state index contributed by atoms with van der Waals surface area (Å²) in [6.45, 7) is 1.52. The molecule has 0 amide bonds. The zero-order valence-electron chi connectivity index (χ0n) is 6.33. The second kappa shape index (κ2) is 5.79. The second-order valence-corrected chi connectivity index (χ2v) is 3.09. The minimum Gasteiger partial charge on any atom is -0.309 e. The molecule has 0 aromatic carbocycles. The standard InChI is InChI=1S/C5H14N2O2S/c1-7(2)5-3-4-6-10(8)9/h6H,3-5H2,1-2H3,(H,8,9). The third kappa shape index (κ3) is 8.03. The highest BCUT2D eigenvalue weighted by atomic mass is 32.2. The Hall–Kier alpha value is 0.0300. The average Bonchev–Trinajstić information content (AvgIpc) is 1.79. The summed E-state index contributed by atoms with van der Waals surface area (Å²) in [6, 6.07) is 0. The molecule has 0 fully saturated rings. The number of nitrogens with zero attached hydrogens (tertiary/aromatic N) is 1. The van der Waals surface area contributed by atoms with E-state index in [9.17, 15) is 4.21 Å². The molecule has 1 unspecified atom stereocenters. The van der Waals surface area contributed by atoms with E-state index in [0.29, 0.717) is 6.54 Å². The molecule has 0 aromatic rings. The Balaban J connectivity index is 2.98. The molecular weight excluding hydrogens is 152 g/mol. The van der Waals surface area contributed by atoms with Crippen molar-refractivity contribution in [1.82, 2.24) is 9.62 Å². The SMILES string of the molecule is CN(C)CCCNS(=O)O. The Bertz CT molecular complexity index is 108. The Morgan fingerprint density at radius 2 is 2.20 bits per heavy atom. The molecule has 0 spiro atoms. The van der Waals surface area contributed by atoms with Crippen molar-refractivity contribution in [3.63, 3.8) is 0 Å². The third-order valence-electron chi connectivity index (χ3n) is 1.01. The van der Waals surface area contributed by atoms with Crippen molar-refractivity contribution < 1.29 is 8.76 Å². The van der Waals surface area contributed by atoms with Crippen molar-refractivity contribution in [3.05, 3.63) is 0 Å². The van der Waals surface area contributed by atoms with Crippen LogP contribution in [0.3, 0.4) is 0 Å². The molecule has 2 N–H and O–H groups in total. The summed E-state index contributed by atoms with van der Waals surface area (Å²) in [5.74, 6) is 0. The largest absolute Gasteiger partial charge is 0.309 e.